The molecule has 3 aliphatic rings. The van der Waals surface area contributed by atoms with E-state index < -0.39 is 53.0 Å². The largest absolute Gasteiger partial charge is 0.481 e. The number of fused-ring (bicyclic) bond motifs is 1. The van der Waals surface area contributed by atoms with Gasteiger partial charge in [0.15, 0.2) is 0 Å². The molecule has 3 aliphatic heterocycles. The number of aliphatic carboxylic acids is 1. The number of aliphatic hydroxyl groups is 1. The predicted octanol–water partition coefficient (Wildman–Crippen LogP) is 2.43. The molecule has 1 spiro atoms. The molecule has 8 nitrogen and oxygen atoms in total. The number of ether oxygens (including phenoxy) is 1. The molecule has 0 aromatic rings. The topological polar surface area (TPSA) is 107 Å². The SMILES string of the molecule is C=CCN(C(=O)[C@H]1N([C@H](C)CO)C(=O)[C@@H]2[C@@H](C(=O)O)[C@@H]3O[C@@]21CC3Br)C(C)(C)CC(C)(C)C. The van der Waals surface area contributed by atoms with Gasteiger partial charge in [-0.25, -0.2) is 0 Å². The Hall–Kier alpha value is -1.45. The molecule has 2 amide bonds. The van der Waals surface area contributed by atoms with E-state index in [-0.39, 0.29) is 29.3 Å². The van der Waals surface area contributed by atoms with Crippen LogP contribution in [0.2, 0.25) is 0 Å². The highest BCUT2D eigenvalue weighted by Crippen LogP contribution is 2.60. The third-order valence-corrected chi connectivity index (χ3v) is 8.10. The van der Waals surface area contributed by atoms with E-state index in [1.807, 2.05) is 13.8 Å². The molecule has 0 aromatic carbocycles. The van der Waals surface area contributed by atoms with Crippen molar-refractivity contribution in [1.29, 1.82) is 0 Å². The zero-order valence-electron chi connectivity index (χ0n) is 20.4. The maximum absolute atomic E-state index is 14.3. The Morgan fingerprint density at radius 3 is 2.45 bits per heavy atom. The second-order valence-electron chi connectivity index (χ2n) is 11.6. The molecule has 2 N–H and O–H groups in total. The van der Waals surface area contributed by atoms with Crippen LogP contribution in [0.15, 0.2) is 12.7 Å². The maximum Gasteiger partial charge on any atom is 0.310 e. The summed E-state index contributed by atoms with van der Waals surface area (Å²) < 4.78 is 6.30. The summed E-state index contributed by atoms with van der Waals surface area (Å²) in [5.74, 6) is -3.85. The van der Waals surface area contributed by atoms with Crippen LogP contribution in [0.5, 0.6) is 0 Å². The summed E-state index contributed by atoms with van der Waals surface area (Å²) in [6.45, 7) is 15.7. The third kappa shape index (κ3) is 4.14. The zero-order chi connectivity index (χ0) is 25.1. The predicted molar refractivity (Wildman–Crippen MR) is 127 cm³/mol. The number of halogens is 1. The van der Waals surface area contributed by atoms with Gasteiger partial charge >= 0.3 is 5.97 Å². The van der Waals surface area contributed by atoms with E-state index in [1.54, 1.807) is 17.9 Å². The van der Waals surface area contributed by atoms with Crippen molar-refractivity contribution in [2.45, 2.75) is 88.5 Å². The molecule has 2 bridgehead atoms. The molecule has 9 heteroatoms. The minimum Gasteiger partial charge on any atom is -0.481 e. The van der Waals surface area contributed by atoms with Gasteiger partial charge in [0.2, 0.25) is 11.8 Å². The summed E-state index contributed by atoms with van der Waals surface area (Å²) in [5.41, 5.74) is -1.88. The van der Waals surface area contributed by atoms with Gasteiger partial charge in [-0.1, -0.05) is 42.8 Å². The van der Waals surface area contributed by atoms with Crippen LogP contribution in [0.3, 0.4) is 0 Å². The Morgan fingerprint density at radius 1 is 1.36 bits per heavy atom. The molecule has 1 unspecified atom stereocenters. The van der Waals surface area contributed by atoms with E-state index in [0.29, 0.717) is 12.8 Å². The number of amides is 2. The lowest BCUT2D eigenvalue weighted by Crippen LogP contribution is -2.62. The number of carboxylic acids is 1. The van der Waals surface area contributed by atoms with Gasteiger partial charge in [-0.3, -0.25) is 14.4 Å². The van der Waals surface area contributed by atoms with Crippen LogP contribution in [0, 0.1) is 17.3 Å². The molecule has 186 valence electrons. The number of carbonyl (C=O) groups excluding carboxylic acids is 2. The van der Waals surface area contributed by atoms with Crippen LogP contribution in [0.4, 0.5) is 0 Å². The lowest BCUT2D eigenvalue weighted by atomic mass is 9.70. The maximum atomic E-state index is 14.3. The molecule has 3 heterocycles. The second-order valence-corrected chi connectivity index (χ2v) is 12.7. The monoisotopic (exact) mass is 528 g/mol. The number of hydrogen-bond donors (Lipinski definition) is 2. The summed E-state index contributed by atoms with van der Waals surface area (Å²) in [6.07, 6.45) is 2.03. The molecule has 0 aliphatic carbocycles. The molecule has 3 fully saturated rings. The number of carbonyl (C=O) groups is 3. The van der Waals surface area contributed by atoms with Crippen LogP contribution in [0.1, 0.15) is 54.4 Å². The first-order valence-electron chi connectivity index (χ1n) is 11.5. The Balaban J connectivity index is 2.13. The van der Waals surface area contributed by atoms with E-state index in [1.165, 1.54) is 4.90 Å². The summed E-state index contributed by atoms with van der Waals surface area (Å²) >= 11 is 3.54. The van der Waals surface area contributed by atoms with Crippen LogP contribution >= 0.6 is 15.9 Å². The van der Waals surface area contributed by atoms with E-state index >= 15 is 0 Å². The van der Waals surface area contributed by atoms with Crippen LogP contribution in [-0.2, 0) is 19.1 Å². The molecule has 3 rings (SSSR count). The lowest BCUT2D eigenvalue weighted by molar-refractivity contribution is -0.156. The number of rotatable bonds is 8. The molecule has 0 radical (unpaired) electrons. The Bertz CT molecular complexity index is 839. The molecule has 0 saturated carbocycles. The van der Waals surface area contributed by atoms with E-state index in [0.717, 1.165) is 0 Å². The fourth-order valence-corrected chi connectivity index (χ4v) is 7.44. The van der Waals surface area contributed by atoms with Crippen molar-refractivity contribution in [3.63, 3.8) is 0 Å². The minimum absolute atomic E-state index is 0.0642. The fraction of sp³-hybridized carbons (Fsp3) is 0.792. The minimum atomic E-state index is -1.25. The van der Waals surface area contributed by atoms with Crippen molar-refractivity contribution < 1.29 is 29.3 Å². The van der Waals surface area contributed by atoms with Crippen molar-refractivity contribution >= 4 is 33.7 Å². The Labute approximate surface area is 204 Å². The Morgan fingerprint density at radius 2 is 1.97 bits per heavy atom. The van der Waals surface area contributed by atoms with Crippen LogP contribution in [0.25, 0.3) is 0 Å². The third-order valence-electron chi connectivity index (χ3n) is 7.26. The quantitative estimate of drug-likeness (QED) is 0.370. The average Bonchev–Trinajstić information content (AvgIpc) is 3.26. The first kappa shape index (κ1) is 26.2. The number of carboxylic acid groups (broad SMARTS) is 1. The van der Waals surface area contributed by atoms with Crippen LogP contribution < -0.4 is 0 Å². The number of aliphatic hydroxyl groups excluding tert-OH is 1. The molecule has 7 atom stereocenters. The first-order chi connectivity index (χ1) is 15.1. The number of alkyl halides is 1. The van der Waals surface area contributed by atoms with Crippen molar-refractivity contribution in [1.82, 2.24) is 9.80 Å². The summed E-state index contributed by atoms with van der Waals surface area (Å²) in [6, 6.07) is -1.68. The molecule has 3 saturated heterocycles. The fourth-order valence-electron chi connectivity index (χ4n) is 6.50. The average molecular weight is 529 g/mol. The number of nitrogens with zero attached hydrogens (tertiary/aromatic N) is 2. The zero-order valence-corrected chi connectivity index (χ0v) is 22.0. The van der Waals surface area contributed by atoms with Crippen molar-refractivity contribution in [3.8, 4) is 0 Å². The number of likely N-dealkylation sites (tertiary alicyclic amines) is 1. The van der Waals surface area contributed by atoms with E-state index in [2.05, 4.69) is 43.3 Å². The normalized spacial score (nSPS) is 34.4. The molecule has 0 aromatic heterocycles. The van der Waals surface area contributed by atoms with Gasteiger partial charge in [-0.05, 0) is 39.0 Å². The summed E-state index contributed by atoms with van der Waals surface area (Å²) in [4.78, 5) is 42.9. The Kier molecular flexibility index (Phi) is 6.85. The molecule has 33 heavy (non-hydrogen) atoms. The van der Waals surface area contributed by atoms with Gasteiger partial charge in [0.1, 0.15) is 11.6 Å². The van der Waals surface area contributed by atoms with Crippen molar-refractivity contribution in [3.05, 3.63) is 12.7 Å². The highest BCUT2D eigenvalue weighted by Gasteiger charge is 2.77. The van der Waals surface area contributed by atoms with Gasteiger partial charge < -0.3 is 24.7 Å². The first-order valence-corrected chi connectivity index (χ1v) is 12.4. The van der Waals surface area contributed by atoms with Crippen molar-refractivity contribution in [2.24, 2.45) is 17.3 Å². The van der Waals surface area contributed by atoms with Crippen LogP contribution in [-0.4, -0.2) is 85.1 Å². The summed E-state index contributed by atoms with van der Waals surface area (Å²) in [5, 5.41) is 19.9. The summed E-state index contributed by atoms with van der Waals surface area (Å²) in [7, 11) is 0. The second kappa shape index (κ2) is 8.64. The van der Waals surface area contributed by atoms with E-state index in [4.69, 9.17) is 4.74 Å². The van der Waals surface area contributed by atoms with Gasteiger partial charge in [-0.2, -0.15) is 0 Å². The highest BCUT2D eigenvalue weighted by atomic mass is 79.9. The van der Waals surface area contributed by atoms with Crippen molar-refractivity contribution in [2.75, 3.05) is 13.2 Å². The van der Waals surface area contributed by atoms with Gasteiger partial charge in [-0.15, -0.1) is 6.58 Å². The standard InChI is InChI=1S/C24H37BrN2O6/c1-8-9-26(23(6,7)12-22(3,4)5)20(30)18-24-10-14(25)17(33-24)15(21(31)32)16(24)19(29)27(18)13(2)11-28/h8,13-18,28H,1,9-12H2,2-7H3,(H,31,32)/t13-,14?,15-,16+,17-,18-,24+/m1/s1. The highest BCUT2D eigenvalue weighted by molar-refractivity contribution is 9.09. The smallest absolute Gasteiger partial charge is 0.310 e. The lowest BCUT2D eigenvalue weighted by Gasteiger charge is -2.46. The van der Waals surface area contributed by atoms with Gasteiger partial charge in [0.25, 0.3) is 0 Å². The van der Waals surface area contributed by atoms with E-state index in [9.17, 15) is 24.6 Å². The molecular weight excluding hydrogens is 492 g/mol. The number of hydrogen-bond acceptors (Lipinski definition) is 5. The van der Waals surface area contributed by atoms with Gasteiger partial charge in [0, 0.05) is 16.9 Å². The molecular formula is C24H37BrN2O6. The van der Waals surface area contributed by atoms with Gasteiger partial charge in [0.05, 0.1) is 30.6 Å².